The molecular formula is C15H17N5O3S. The number of carbonyl (C=O) groups excluding carboxylic acids is 1. The Morgan fingerprint density at radius 3 is 2.58 bits per heavy atom. The van der Waals surface area contributed by atoms with Gasteiger partial charge in [-0.15, -0.1) is 0 Å². The SMILES string of the molecule is Nc1cc(N)nc(SCCC(=O)Nc2ccc3c(c2)OCCO3)n1. The van der Waals surface area contributed by atoms with E-state index < -0.39 is 0 Å². The number of fused-ring (bicyclic) bond motifs is 1. The van der Waals surface area contributed by atoms with Crippen LogP contribution in [0.15, 0.2) is 29.4 Å². The maximum Gasteiger partial charge on any atom is 0.225 e. The fraction of sp³-hybridized carbons (Fsp3) is 0.267. The summed E-state index contributed by atoms with van der Waals surface area (Å²) in [6.07, 6.45) is 0.303. The first kappa shape index (κ1) is 16.2. The van der Waals surface area contributed by atoms with Crippen LogP contribution >= 0.6 is 11.8 Å². The second-order valence-corrected chi connectivity index (χ2v) is 6.07. The molecule has 1 aliphatic heterocycles. The molecule has 0 atom stereocenters. The number of nitrogens with zero attached hydrogens (tertiary/aromatic N) is 2. The first-order valence-electron chi connectivity index (χ1n) is 7.32. The van der Waals surface area contributed by atoms with Crippen molar-refractivity contribution < 1.29 is 14.3 Å². The minimum Gasteiger partial charge on any atom is -0.486 e. The lowest BCUT2D eigenvalue weighted by Crippen LogP contribution is -2.16. The van der Waals surface area contributed by atoms with Crippen LogP contribution in [0.1, 0.15) is 6.42 Å². The number of anilines is 3. The number of nitrogens with one attached hydrogen (secondary N) is 1. The average molecular weight is 347 g/mol. The lowest BCUT2D eigenvalue weighted by atomic mass is 10.2. The molecule has 126 valence electrons. The van der Waals surface area contributed by atoms with Crippen molar-refractivity contribution in [2.24, 2.45) is 0 Å². The maximum absolute atomic E-state index is 12.0. The second kappa shape index (κ2) is 7.26. The van der Waals surface area contributed by atoms with Crippen molar-refractivity contribution in [2.45, 2.75) is 11.6 Å². The van der Waals surface area contributed by atoms with E-state index in [1.807, 2.05) is 0 Å². The quantitative estimate of drug-likeness (QED) is 0.549. The number of benzene rings is 1. The Labute approximate surface area is 142 Å². The zero-order valence-electron chi connectivity index (χ0n) is 12.8. The molecule has 0 unspecified atom stereocenters. The fourth-order valence-corrected chi connectivity index (χ4v) is 2.92. The number of hydrogen-bond acceptors (Lipinski definition) is 8. The van der Waals surface area contributed by atoms with Crippen LogP contribution in [-0.2, 0) is 4.79 Å². The lowest BCUT2D eigenvalue weighted by Gasteiger charge is -2.19. The third-order valence-electron chi connectivity index (χ3n) is 3.13. The van der Waals surface area contributed by atoms with E-state index in [0.29, 0.717) is 59.4 Å². The minimum atomic E-state index is -0.115. The molecule has 0 saturated heterocycles. The van der Waals surface area contributed by atoms with E-state index in [-0.39, 0.29) is 5.91 Å². The summed E-state index contributed by atoms with van der Waals surface area (Å²) in [6.45, 7) is 1.04. The van der Waals surface area contributed by atoms with Gasteiger partial charge in [-0.3, -0.25) is 4.79 Å². The minimum absolute atomic E-state index is 0.115. The van der Waals surface area contributed by atoms with Gasteiger partial charge in [0.15, 0.2) is 16.7 Å². The Morgan fingerprint density at radius 2 is 1.83 bits per heavy atom. The molecule has 0 aliphatic carbocycles. The highest BCUT2D eigenvalue weighted by Crippen LogP contribution is 2.32. The predicted molar refractivity (Wildman–Crippen MR) is 92.3 cm³/mol. The highest BCUT2D eigenvalue weighted by molar-refractivity contribution is 7.99. The van der Waals surface area contributed by atoms with Gasteiger partial charge < -0.3 is 26.3 Å². The summed E-state index contributed by atoms with van der Waals surface area (Å²) in [5.41, 5.74) is 11.9. The molecule has 0 bridgehead atoms. The fourth-order valence-electron chi connectivity index (χ4n) is 2.11. The van der Waals surface area contributed by atoms with Crippen molar-refractivity contribution >= 4 is 35.0 Å². The summed E-state index contributed by atoms with van der Waals surface area (Å²) in [5, 5.41) is 3.28. The molecule has 0 saturated carbocycles. The highest BCUT2D eigenvalue weighted by atomic mass is 32.2. The van der Waals surface area contributed by atoms with Gasteiger partial charge in [0, 0.05) is 30.0 Å². The van der Waals surface area contributed by atoms with Crippen molar-refractivity contribution in [3.05, 3.63) is 24.3 Å². The standard InChI is InChI=1S/C15H17N5O3S/c16-12-8-13(17)20-15(19-12)24-6-3-14(21)18-9-1-2-10-11(7-9)23-5-4-22-10/h1-2,7-8H,3-6H2,(H,18,21)(H4,16,17,19,20). The number of ether oxygens (including phenoxy) is 2. The van der Waals surface area contributed by atoms with Crippen LogP contribution in [-0.4, -0.2) is 34.8 Å². The molecule has 0 radical (unpaired) electrons. The molecular weight excluding hydrogens is 330 g/mol. The van der Waals surface area contributed by atoms with Crippen molar-refractivity contribution in [3.8, 4) is 11.5 Å². The molecule has 0 fully saturated rings. The molecule has 0 spiro atoms. The summed E-state index contributed by atoms with van der Waals surface area (Å²) >= 11 is 1.32. The number of thioether (sulfide) groups is 1. The topological polar surface area (TPSA) is 125 Å². The van der Waals surface area contributed by atoms with Gasteiger partial charge in [0.2, 0.25) is 5.91 Å². The Hall–Kier alpha value is -2.68. The Bertz CT molecular complexity index is 736. The molecule has 9 heteroatoms. The van der Waals surface area contributed by atoms with Crippen molar-refractivity contribution in [1.29, 1.82) is 0 Å². The lowest BCUT2D eigenvalue weighted by molar-refractivity contribution is -0.115. The van der Waals surface area contributed by atoms with Crippen LogP contribution in [0, 0.1) is 0 Å². The molecule has 1 aromatic heterocycles. The second-order valence-electron chi connectivity index (χ2n) is 5.01. The number of amides is 1. The van der Waals surface area contributed by atoms with Gasteiger partial charge in [-0.1, -0.05) is 11.8 Å². The van der Waals surface area contributed by atoms with E-state index in [2.05, 4.69) is 15.3 Å². The smallest absolute Gasteiger partial charge is 0.225 e. The van der Waals surface area contributed by atoms with Crippen LogP contribution < -0.4 is 26.3 Å². The average Bonchev–Trinajstić information content (AvgIpc) is 2.54. The number of carbonyl (C=O) groups is 1. The normalized spacial score (nSPS) is 12.7. The molecule has 1 aromatic carbocycles. The van der Waals surface area contributed by atoms with Gasteiger partial charge in [0.05, 0.1) is 0 Å². The van der Waals surface area contributed by atoms with E-state index in [1.54, 1.807) is 18.2 Å². The Kier molecular flexibility index (Phi) is 4.90. The molecule has 2 aromatic rings. The summed E-state index contributed by atoms with van der Waals surface area (Å²) in [7, 11) is 0. The number of nitrogen functional groups attached to an aromatic ring is 2. The van der Waals surface area contributed by atoms with Gasteiger partial charge >= 0.3 is 0 Å². The van der Waals surface area contributed by atoms with Gasteiger partial charge in [-0.25, -0.2) is 9.97 Å². The van der Waals surface area contributed by atoms with Gasteiger partial charge in [-0.05, 0) is 12.1 Å². The van der Waals surface area contributed by atoms with E-state index in [9.17, 15) is 4.79 Å². The summed E-state index contributed by atoms with van der Waals surface area (Å²) in [6, 6.07) is 6.79. The summed E-state index contributed by atoms with van der Waals surface area (Å²) < 4.78 is 10.9. The molecule has 1 aliphatic rings. The molecule has 5 N–H and O–H groups in total. The molecule has 8 nitrogen and oxygen atoms in total. The van der Waals surface area contributed by atoms with Crippen molar-refractivity contribution in [2.75, 3.05) is 35.8 Å². The first-order chi connectivity index (χ1) is 11.6. The maximum atomic E-state index is 12.0. The van der Waals surface area contributed by atoms with E-state index >= 15 is 0 Å². The van der Waals surface area contributed by atoms with E-state index in [0.717, 1.165) is 0 Å². The molecule has 2 heterocycles. The van der Waals surface area contributed by atoms with E-state index in [4.69, 9.17) is 20.9 Å². The van der Waals surface area contributed by atoms with Crippen LogP contribution in [0.25, 0.3) is 0 Å². The van der Waals surface area contributed by atoms with Gasteiger partial charge in [0.1, 0.15) is 24.8 Å². The van der Waals surface area contributed by atoms with Crippen LogP contribution in [0.2, 0.25) is 0 Å². The Balaban J connectivity index is 1.50. The number of hydrogen-bond donors (Lipinski definition) is 3. The van der Waals surface area contributed by atoms with Gasteiger partial charge in [0.25, 0.3) is 0 Å². The van der Waals surface area contributed by atoms with Crippen molar-refractivity contribution in [1.82, 2.24) is 9.97 Å². The summed E-state index contributed by atoms with van der Waals surface area (Å²) in [4.78, 5) is 20.1. The zero-order chi connectivity index (χ0) is 16.9. The van der Waals surface area contributed by atoms with Crippen LogP contribution in [0.3, 0.4) is 0 Å². The molecule has 24 heavy (non-hydrogen) atoms. The monoisotopic (exact) mass is 347 g/mol. The highest BCUT2D eigenvalue weighted by Gasteiger charge is 2.13. The zero-order valence-corrected chi connectivity index (χ0v) is 13.6. The number of rotatable bonds is 5. The van der Waals surface area contributed by atoms with Gasteiger partial charge in [-0.2, -0.15) is 0 Å². The summed E-state index contributed by atoms with van der Waals surface area (Å²) in [5.74, 6) is 2.34. The van der Waals surface area contributed by atoms with Crippen LogP contribution in [0.5, 0.6) is 11.5 Å². The van der Waals surface area contributed by atoms with E-state index in [1.165, 1.54) is 17.8 Å². The first-order valence-corrected chi connectivity index (χ1v) is 8.31. The molecule has 3 rings (SSSR count). The Morgan fingerprint density at radius 1 is 1.12 bits per heavy atom. The predicted octanol–water partition coefficient (Wildman–Crippen LogP) is 1.53. The third-order valence-corrected chi connectivity index (χ3v) is 3.98. The molecule has 1 amide bonds. The largest absolute Gasteiger partial charge is 0.486 e. The van der Waals surface area contributed by atoms with Crippen molar-refractivity contribution in [3.63, 3.8) is 0 Å². The third kappa shape index (κ3) is 4.19. The number of aromatic nitrogens is 2. The van der Waals surface area contributed by atoms with Crippen LogP contribution in [0.4, 0.5) is 17.3 Å². The number of nitrogens with two attached hydrogens (primary N) is 2.